The van der Waals surface area contributed by atoms with Crippen molar-refractivity contribution in [2.45, 2.75) is 30.8 Å². The zero-order chi connectivity index (χ0) is 20.3. The second-order valence-corrected chi connectivity index (χ2v) is 8.08. The summed E-state index contributed by atoms with van der Waals surface area (Å²) in [6.45, 7) is 4.38. The van der Waals surface area contributed by atoms with Gasteiger partial charge in [0.2, 0.25) is 5.91 Å². The van der Waals surface area contributed by atoms with E-state index < -0.39 is 11.1 Å². The Kier molecular flexibility index (Phi) is 6.59. The number of hydrogen-bond donors (Lipinski definition) is 1. The fourth-order valence-electron chi connectivity index (χ4n) is 2.51. The van der Waals surface area contributed by atoms with Crippen LogP contribution in [0.25, 0.3) is 11.4 Å². The second kappa shape index (κ2) is 8.94. The van der Waals surface area contributed by atoms with Crippen LogP contribution in [0.2, 0.25) is 10.0 Å². The largest absolute Gasteiger partial charge is 0.324 e. The summed E-state index contributed by atoms with van der Waals surface area (Å²) in [6, 6.07) is 11.2. The van der Waals surface area contributed by atoms with Gasteiger partial charge >= 0.3 is 0 Å². The molecule has 0 spiro atoms. The molecular weight excluding hydrogens is 422 g/mol. The molecule has 1 unspecified atom stereocenters. The third-order valence-corrected chi connectivity index (χ3v) is 5.62. The van der Waals surface area contributed by atoms with Gasteiger partial charge in [-0.25, -0.2) is 4.39 Å². The van der Waals surface area contributed by atoms with Crippen LogP contribution in [-0.2, 0) is 11.3 Å². The number of nitrogens with zero attached hydrogens (tertiary/aromatic N) is 3. The predicted octanol–water partition coefficient (Wildman–Crippen LogP) is 5.53. The minimum Gasteiger partial charge on any atom is -0.324 e. The molecular formula is C19H17Cl2FN4OS. The minimum absolute atomic E-state index is 0.146. The Labute approximate surface area is 176 Å². The molecule has 0 aliphatic carbocycles. The zero-order valence-electron chi connectivity index (χ0n) is 15.1. The van der Waals surface area contributed by atoms with Gasteiger partial charge in [0.15, 0.2) is 11.0 Å². The van der Waals surface area contributed by atoms with Crippen molar-refractivity contribution in [1.82, 2.24) is 14.8 Å². The van der Waals surface area contributed by atoms with E-state index in [2.05, 4.69) is 15.5 Å². The lowest BCUT2D eigenvalue weighted by Crippen LogP contribution is -2.23. The maximum absolute atomic E-state index is 13.2. The number of carbonyl (C=O) groups is 1. The van der Waals surface area contributed by atoms with Crippen molar-refractivity contribution in [3.05, 3.63) is 58.3 Å². The number of hydrogen-bond acceptors (Lipinski definition) is 4. The average molecular weight is 439 g/mol. The number of nitrogens with one attached hydrogen (secondary N) is 1. The summed E-state index contributed by atoms with van der Waals surface area (Å²) in [5.74, 6) is -0.0238. The molecule has 0 aliphatic heterocycles. The van der Waals surface area contributed by atoms with Crippen molar-refractivity contribution < 1.29 is 9.18 Å². The predicted molar refractivity (Wildman–Crippen MR) is 112 cm³/mol. The van der Waals surface area contributed by atoms with Crippen molar-refractivity contribution in [2.24, 2.45) is 0 Å². The Morgan fingerprint density at radius 3 is 2.57 bits per heavy atom. The van der Waals surface area contributed by atoms with Crippen molar-refractivity contribution >= 4 is 46.6 Å². The van der Waals surface area contributed by atoms with Crippen LogP contribution in [0.5, 0.6) is 0 Å². The molecule has 1 aromatic heterocycles. The molecule has 146 valence electrons. The quantitative estimate of drug-likeness (QED) is 0.513. The Hall–Kier alpha value is -2.09. The number of carbonyl (C=O) groups excluding carboxylic acids is 1. The standard InChI is InChI=1S/C19H17Cl2FN4OS/c1-3-26-17(12-4-6-13(20)7-5-12)24-25-19(26)28-11(2)18(27)23-16-9-8-14(22)10-15(16)21/h4-11H,3H2,1-2H3,(H,23,27). The molecule has 1 atom stereocenters. The smallest absolute Gasteiger partial charge is 0.237 e. The van der Waals surface area contributed by atoms with Gasteiger partial charge < -0.3 is 9.88 Å². The van der Waals surface area contributed by atoms with E-state index in [1.165, 1.54) is 23.9 Å². The summed E-state index contributed by atoms with van der Waals surface area (Å²) in [5, 5.41) is 12.2. The van der Waals surface area contributed by atoms with Gasteiger partial charge in [-0.2, -0.15) is 0 Å². The van der Waals surface area contributed by atoms with Gasteiger partial charge in [-0.05, 0) is 56.3 Å². The van der Waals surface area contributed by atoms with E-state index in [4.69, 9.17) is 23.2 Å². The molecule has 0 bridgehead atoms. The van der Waals surface area contributed by atoms with Gasteiger partial charge in [0.05, 0.1) is 16.0 Å². The highest BCUT2D eigenvalue weighted by Gasteiger charge is 2.21. The molecule has 3 aromatic rings. The molecule has 0 aliphatic rings. The summed E-state index contributed by atoms with van der Waals surface area (Å²) >= 11 is 13.2. The number of benzene rings is 2. The molecule has 0 radical (unpaired) electrons. The average Bonchev–Trinajstić information content (AvgIpc) is 3.07. The number of anilines is 1. The first-order chi connectivity index (χ1) is 13.4. The highest BCUT2D eigenvalue weighted by molar-refractivity contribution is 8.00. The van der Waals surface area contributed by atoms with Crippen LogP contribution < -0.4 is 5.32 Å². The number of rotatable bonds is 6. The molecule has 1 heterocycles. The maximum Gasteiger partial charge on any atom is 0.237 e. The molecule has 0 saturated carbocycles. The lowest BCUT2D eigenvalue weighted by atomic mass is 10.2. The van der Waals surface area contributed by atoms with Gasteiger partial charge in [0.1, 0.15) is 5.82 Å². The molecule has 2 aromatic carbocycles. The van der Waals surface area contributed by atoms with Crippen LogP contribution in [0.4, 0.5) is 10.1 Å². The molecule has 1 amide bonds. The third-order valence-electron chi connectivity index (χ3n) is 3.98. The fourth-order valence-corrected chi connectivity index (χ4v) is 3.76. The van der Waals surface area contributed by atoms with Gasteiger partial charge in [0, 0.05) is 17.1 Å². The van der Waals surface area contributed by atoms with E-state index in [1.807, 2.05) is 23.6 Å². The first-order valence-corrected chi connectivity index (χ1v) is 10.1. The second-order valence-electron chi connectivity index (χ2n) is 5.93. The first kappa shape index (κ1) is 20.6. The summed E-state index contributed by atoms with van der Waals surface area (Å²) in [5.41, 5.74) is 1.25. The van der Waals surface area contributed by atoms with Crippen LogP contribution in [-0.4, -0.2) is 25.9 Å². The SMILES string of the molecule is CCn1c(SC(C)C(=O)Nc2ccc(F)cc2Cl)nnc1-c1ccc(Cl)cc1. The van der Waals surface area contributed by atoms with Gasteiger partial charge in [-0.3, -0.25) is 4.79 Å². The van der Waals surface area contributed by atoms with Crippen molar-refractivity contribution in [2.75, 3.05) is 5.32 Å². The Morgan fingerprint density at radius 1 is 1.21 bits per heavy atom. The third kappa shape index (κ3) is 4.66. The topological polar surface area (TPSA) is 59.8 Å². The molecule has 0 saturated heterocycles. The summed E-state index contributed by atoms with van der Waals surface area (Å²) in [4.78, 5) is 12.5. The Bertz CT molecular complexity index is 994. The fraction of sp³-hybridized carbons (Fsp3) is 0.211. The molecule has 9 heteroatoms. The molecule has 5 nitrogen and oxygen atoms in total. The van der Waals surface area contributed by atoms with E-state index >= 15 is 0 Å². The van der Waals surface area contributed by atoms with E-state index in [-0.39, 0.29) is 10.9 Å². The van der Waals surface area contributed by atoms with E-state index in [9.17, 15) is 9.18 Å². The monoisotopic (exact) mass is 438 g/mol. The van der Waals surface area contributed by atoms with Crippen molar-refractivity contribution in [1.29, 1.82) is 0 Å². The molecule has 0 fully saturated rings. The van der Waals surface area contributed by atoms with Gasteiger partial charge in [-0.15, -0.1) is 10.2 Å². The summed E-state index contributed by atoms with van der Waals surface area (Å²) in [6.07, 6.45) is 0. The van der Waals surface area contributed by atoms with E-state index in [1.54, 1.807) is 19.1 Å². The Morgan fingerprint density at radius 2 is 1.93 bits per heavy atom. The lowest BCUT2D eigenvalue weighted by Gasteiger charge is -2.13. The number of thioether (sulfide) groups is 1. The van der Waals surface area contributed by atoms with Gasteiger partial charge in [-0.1, -0.05) is 35.0 Å². The Balaban J connectivity index is 1.75. The van der Waals surface area contributed by atoms with Crippen LogP contribution in [0, 0.1) is 5.82 Å². The van der Waals surface area contributed by atoms with Gasteiger partial charge in [0.25, 0.3) is 0 Å². The van der Waals surface area contributed by atoms with E-state index in [0.717, 1.165) is 11.6 Å². The number of halogens is 3. The zero-order valence-corrected chi connectivity index (χ0v) is 17.4. The summed E-state index contributed by atoms with van der Waals surface area (Å²) in [7, 11) is 0. The normalized spacial score (nSPS) is 12.0. The molecule has 3 rings (SSSR count). The van der Waals surface area contributed by atoms with Crippen LogP contribution in [0.15, 0.2) is 47.6 Å². The van der Waals surface area contributed by atoms with Crippen LogP contribution in [0.1, 0.15) is 13.8 Å². The van der Waals surface area contributed by atoms with Crippen LogP contribution in [0.3, 0.4) is 0 Å². The summed E-state index contributed by atoms with van der Waals surface area (Å²) < 4.78 is 15.1. The highest BCUT2D eigenvalue weighted by atomic mass is 35.5. The van der Waals surface area contributed by atoms with Crippen LogP contribution >= 0.6 is 35.0 Å². The van der Waals surface area contributed by atoms with Crippen molar-refractivity contribution in [3.63, 3.8) is 0 Å². The van der Waals surface area contributed by atoms with E-state index in [0.29, 0.717) is 28.2 Å². The maximum atomic E-state index is 13.2. The number of aromatic nitrogens is 3. The lowest BCUT2D eigenvalue weighted by molar-refractivity contribution is -0.115. The first-order valence-electron chi connectivity index (χ1n) is 8.50. The number of amides is 1. The highest BCUT2D eigenvalue weighted by Crippen LogP contribution is 2.29. The molecule has 28 heavy (non-hydrogen) atoms. The molecule has 1 N–H and O–H groups in total. The van der Waals surface area contributed by atoms with Crippen molar-refractivity contribution in [3.8, 4) is 11.4 Å². The minimum atomic E-state index is -0.464.